The summed E-state index contributed by atoms with van der Waals surface area (Å²) in [6, 6.07) is 6.68. The Morgan fingerprint density at radius 3 is 2.65 bits per heavy atom. The summed E-state index contributed by atoms with van der Waals surface area (Å²) in [6.45, 7) is 0.388. The van der Waals surface area contributed by atoms with Crippen molar-refractivity contribution in [3.8, 4) is 17.1 Å². The highest BCUT2D eigenvalue weighted by molar-refractivity contribution is 5.85. The summed E-state index contributed by atoms with van der Waals surface area (Å²) >= 11 is 0. The molecule has 0 bridgehead atoms. The molecule has 0 aliphatic rings. The zero-order chi connectivity index (χ0) is 15.9. The third kappa shape index (κ3) is 5.20. The smallest absolute Gasteiger partial charge is 0.239 e. The molecule has 0 fully saturated rings. The fourth-order valence-corrected chi connectivity index (χ4v) is 1.80. The van der Waals surface area contributed by atoms with Crippen LogP contribution in [0.2, 0.25) is 0 Å². The van der Waals surface area contributed by atoms with Gasteiger partial charge in [0.1, 0.15) is 17.6 Å². The number of hydrogen-bond donors (Lipinski definition) is 3. The SMILES string of the molecule is COCC(N)C(=O)NCc1nc(-c2ccc(OC)cc2)n[nH]1.Cl. The average Bonchev–Trinajstić information content (AvgIpc) is 3.02. The van der Waals surface area contributed by atoms with Gasteiger partial charge in [-0.1, -0.05) is 0 Å². The normalized spacial score (nSPS) is 11.4. The molecule has 1 heterocycles. The minimum absolute atomic E-state index is 0. The van der Waals surface area contributed by atoms with Gasteiger partial charge in [0.25, 0.3) is 0 Å². The standard InChI is InChI=1S/C14H19N5O3.ClH/c1-21-8-11(15)14(20)16-7-12-17-13(19-18-12)9-3-5-10(22-2)6-4-9;/h3-6,11H,7-8,15H2,1-2H3,(H,16,20)(H,17,18,19);1H. The third-order valence-corrected chi connectivity index (χ3v) is 2.99. The van der Waals surface area contributed by atoms with Gasteiger partial charge in [-0.15, -0.1) is 12.4 Å². The summed E-state index contributed by atoms with van der Waals surface area (Å²) in [4.78, 5) is 16.0. The molecule has 0 saturated heterocycles. The first-order valence-electron chi connectivity index (χ1n) is 6.72. The van der Waals surface area contributed by atoms with Gasteiger partial charge in [-0.05, 0) is 24.3 Å². The minimum Gasteiger partial charge on any atom is -0.497 e. The molecule has 0 aliphatic carbocycles. The maximum Gasteiger partial charge on any atom is 0.239 e. The maximum absolute atomic E-state index is 11.7. The molecule has 126 valence electrons. The number of carbonyl (C=O) groups excluding carboxylic acids is 1. The van der Waals surface area contributed by atoms with Crippen molar-refractivity contribution in [2.45, 2.75) is 12.6 Å². The van der Waals surface area contributed by atoms with Crippen LogP contribution < -0.4 is 15.8 Å². The fourth-order valence-electron chi connectivity index (χ4n) is 1.80. The molecule has 1 aromatic carbocycles. The summed E-state index contributed by atoms with van der Waals surface area (Å²) in [6.07, 6.45) is 0. The number of carbonyl (C=O) groups is 1. The Morgan fingerprint density at radius 1 is 1.35 bits per heavy atom. The molecule has 2 aromatic rings. The van der Waals surface area contributed by atoms with Gasteiger partial charge in [0.05, 0.1) is 20.3 Å². The van der Waals surface area contributed by atoms with Crippen LogP contribution in [0, 0.1) is 0 Å². The van der Waals surface area contributed by atoms with Crippen molar-refractivity contribution in [2.75, 3.05) is 20.8 Å². The summed E-state index contributed by atoms with van der Waals surface area (Å²) in [7, 11) is 3.10. The van der Waals surface area contributed by atoms with E-state index in [0.717, 1.165) is 11.3 Å². The molecule has 0 saturated carbocycles. The Kier molecular flexibility index (Phi) is 7.46. The lowest BCUT2D eigenvalue weighted by Crippen LogP contribution is -2.43. The summed E-state index contributed by atoms with van der Waals surface area (Å²) < 4.78 is 9.92. The van der Waals surface area contributed by atoms with Gasteiger partial charge in [0.15, 0.2) is 5.82 Å². The van der Waals surface area contributed by atoms with Crippen molar-refractivity contribution in [1.29, 1.82) is 0 Å². The lowest BCUT2D eigenvalue weighted by Gasteiger charge is -2.09. The van der Waals surface area contributed by atoms with Crippen molar-refractivity contribution in [3.05, 3.63) is 30.1 Å². The van der Waals surface area contributed by atoms with Crippen LogP contribution in [0.15, 0.2) is 24.3 Å². The lowest BCUT2D eigenvalue weighted by atomic mass is 10.2. The van der Waals surface area contributed by atoms with Crippen molar-refractivity contribution < 1.29 is 14.3 Å². The number of aromatic nitrogens is 3. The molecule has 0 radical (unpaired) electrons. The monoisotopic (exact) mass is 341 g/mol. The number of hydrogen-bond acceptors (Lipinski definition) is 6. The molecule has 23 heavy (non-hydrogen) atoms. The number of H-pyrrole nitrogens is 1. The van der Waals surface area contributed by atoms with E-state index in [-0.39, 0.29) is 31.5 Å². The number of methoxy groups -OCH3 is 2. The molecular formula is C14H20ClN5O3. The van der Waals surface area contributed by atoms with E-state index < -0.39 is 6.04 Å². The minimum atomic E-state index is -0.700. The van der Waals surface area contributed by atoms with Crippen molar-refractivity contribution in [2.24, 2.45) is 5.73 Å². The van der Waals surface area contributed by atoms with Crippen LogP contribution in [0.4, 0.5) is 0 Å². The second-order valence-corrected chi connectivity index (χ2v) is 4.61. The first-order valence-corrected chi connectivity index (χ1v) is 6.72. The summed E-state index contributed by atoms with van der Waals surface area (Å²) in [5, 5.41) is 9.57. The van der Waals surface area contributed by atoms with E-state index in [9.17, 15) is 4.79 Å². The van der Waals surface area contributed by atoms with Gasteiger partial charge in [0, 0.05) is 12.7 Å². The van der Waals surface area contributed by atoms with E-state index in [2.05, 4.69) is 20.5 Å². The summed E-state index contributed by atoms with van der Waals surface area (Å²) in [5.74, 6) is 1.56. The van der Waals surface area contributed by atoms with Crippen molar-refractivity contribution in [3.63, 3.8) is 0 Å². The van der Waals surface area contributed by atoms with E-state index in [1.54, 1.807) is 7.11 Å². The van der Waals surface area contributed by atoms with Gasteiger partial charge in [-0.25, -0.2) is 4.98 Å². The number of benzene rings is 1. The van der Waals surface area contributed by atoms with E-state index in [0.29, 0.717) is 11.6 Å². The Balaban J connectivity index is 0.00000264. The molecule has 0 aliphatic heterocycles. The number of halogens is 1. The third-order valence-electron chi connectivity index (χ3n) is 2.99. The van der Waals surface area contributed by atoms with Crippen LogP contribution in [0.3, 0.4) is 0 Å². The van der Waals surface area contributed by atoms with Crippen LogP contribution in [0.5, 0.6) is 5.75 Å². The zero-order valence-electron chi connectivity index (χ0n) is 12.9. The fraction of sp³-hybridized carbons (Fsp3) is 0.357. The maximum atomic E-state index is 11.7. The second kappa shape index (κ2) is 9.09. The first kappa shape index (κ1) is 18.9. The number of aromatic amines is 1. The van der Waals surface area contributed by atoms with Crippen molar-refractivity contribution >= 4 is 18.3 Å². The number of amides is 1. The molecule has 1 aromatic heterocycles. The molecule has 1 unspecified atom stereocenters. The molecule has 1 atom stereocenters. The van der Waals surface area contributed by atoms with Crippen LogP contribution in [0.25, 0.3) is 11.4 Å². The second-order valence-electron chi connectivity index (χ2n) is 4.61. The van der Waals surface area contributed by atoms with Gasteiger partial charge in [-0.2, -0.15) is 5.10 Å². The Labute approximate surface area is 140 Å². The van der Waals surface area contributed by atoms with Gasteiger partial charge in [-0.3, -0.25) is 9.89 Å². The van der Waals surface area contributed by atoms with Gasteiger partial charge >= 0.3 is 0 Å². The highest BCUT2D eigenvalue weighted by Crippen LogP contribution is 2.18. The predicted molar refractivity (Wildman–Crippen MR) is 87.3 cm³/mol. The average molecular weight is 342 g/mol. The predicted octanol–water partition coefficient (Wildman–Crippen LogP) is 0.492. The number of nitrogens with one attached hydrogen (secondary N) is 2. The van der Waals surface area contributed by atoms with Gasteiger partial charge < -0.3 is 20.5 Å². The molecule has 4 N–H and O–H groups in total. The quantitative estimate of drug-likeness (QED) is 0.675. The molecule has 1 amide bonds. The number of ether oxygens (including phenoxy) is 2. The van der Waals surface area contributed by atoms with E-state index in [1.165, 1.54) is 7.11 Å². The summed E-state index contributed by atoms with van der Waals surface area (Å²) in [5.41, 5.74) is 6.47. The van der Waals surface area contributed by atoms with E-state index >= 15 is 0 Å². The molecule has 8 nitrogen and oxygen atoms in total. The topological polar surface area (TPSA) is 115 Å². The highest BCUT2D eigenvalue weighted by Gasteiger charge is 2.13. The van der Waals surface area contributed by atoms with E-state index in [1.807, 2.05) is 24.3 Å². The van der Waals surface area contributed by atoms with Crippen LogP contribution in [-0.2, 0) is 16.1 Å². The van der Waals surface area contributed by atoms with Crippen LogP contribution in [-0.4, -0.2) is 48.0 Å². The zero-order valence-corrected chi connectivity index (χ0v) is 13.7. The molecular weight excluding hydrogens is 322 g/mol. The molecule has 0 spiro atoms. The Hall–Kier alpha value is -2.16. The van der Waals surface area contributed by atoms with Crippen molar-refractivity contribution in [1.82, 2.24) is 20.5 Å². The number of nitrogens with two attached hydrogens (primary N) is 1. The van der Waals surface area contributed by atoms with E-state index in [4.69, 9.17) is 15.2 Å². The number of rotatable bonds is 7. The first-order chi connectivity index (χ1) is 10.6. The molecule has 2 rings (SSSR count). The molecule has 9 heteroatoms. The number of nitrogens with zero attached hydrogens (tertiary/aromatic N) is 2. The van der Waals surface area contributed by atoms with Gasteiger partial charge in [0.2, 0.25) is 5.91 Å². The Bertz CT molecular complexity index is 617. The largest absolute Gasteiger partial charge is 0.497 e. The lowest BCUT2D eigenvalue weighted by molar-refractivity contribution is -0.123. The van der Waals surface area contributed by atoms with Crippen LogP contribution in [0.1, 0.15) is 5.82 Å². The van der Waals surface area contributed by atoms with Crippen LogP contribution >= 0.6 is 12.4 Å². The highest BCUT2D eigenvalue weighted by atomic mass is 35.5. The Morgan fingerprint density at radius 2 is 2.04 bits per heavy atom.